The normalized spacial score (nSPS) is 17.2. The van der Waals surface area contributed by atoms with E-state index >= 15 is 0 Å². The molecule has 0 spiro atoms. The molecule has 2 amide bonds. The van der Waals surface area contributed by atoms with Gasteiger partial charge in [0.2, 0.25) is 11.8 Å². The molecule has 0 aliphatic carbocycles. The molecule has 1 aliphatic heterocycles. The third-order valence-electron chi connectivity index (χ3n) is 4.76. The fourth-order valence-corrected chi connectivity index (χ4v) is 3.23. The van der Waals surface area contributed by atoms with Crippen molar-refractivity contribution in [3.8, 4) is 5.75 Å². The smallest absolute Gasteiger partial charge is 0.242 e. The second kappa shape index (κ2) is 10.3. The predicted molar refractivity (Wildman–Crippen MR) is 104 cm³/mol. The Hall–Kier alpha value is -2.12. The first-order valence-corrected chi connectivity index (χ1v) is 9.43. The molecule has 2 atom stereocenters. The Morgan fingerprint density at radius 3 is 2.33 bits per heavy atom. The fraction of sp³-hybridized carbons (Fsp3) is 0.600. The fourth-order valence-electron chi connectivity index (χ4n) is 3.23. The highest BCUT2D eigenvalue weighted by molar-refractivity contribution is 5.87. The lowest BCUT2D eigenvalue weighted by molar-refractivity contribution is -0.129. The van der Waals surface area contributed by atoms with Gasteiger partial charge >= 0.3 is 0 Å². The zero-order chi connectivity index (χ0) is 19.8. The Balaban J connectivity index is 2.10. The summed E-state index contributed by atoms with van der Waals surface area (Å²) in [4.78, 5) is 26.4. The van der Waals surface area contributed by atoms with Gasteiger partial charge in [-0.25, -0.2) is 0 Å². The molecule has 1 heterocycles. The summed E-state index contributed by atoms with van der Waals surface area (Å²) >= 11 is 0. The molecule has 1 aromatic carbocycles. The van der Waals surface area contributed by atoms with Crippen molar-refractivity contribution >= 4 is 11.8 Å². The highest BCUT2D eigenvalue weighted by Crippen LogP contribution is 2.23. The van der Waals surface area contributed by atoms with Crippen LogP contribution >= 0.6 is 0 Å². The zero-order valence-corrected chi connectivity index (χ0v) is 16.7. The molecule has 1 aliphatic rings. The lowest BCUT2D eigenvalue weighted by Crippen LogP contribution is -2.51. The molecule has 1 aromatic rings. The minimum absolute atomic E-state index is 0.0109. The van der Waals surface area contributed by atoms with Crippen molar-refractivity contribution in [1.29, 1.82) is 0 Å². The van der Waals surface area contributed by atoms with Crippen LogP contribution in [0.25, 0.3) is 0 Å². The second-order valence-electron chi connectivity index (χ2n) is 7.10. The lowest BCUT2D eigenvalue weighted by atomic mass is 10.0. The molecule has 0 bridgehead atoms. The van der Waals surface area contributed by atoms with Gasteiger partial charge in [-0.15, -0.1) is 0 Å². The number of nitrogens with one attached hydrogen (secondary N) is 2. The average molecular weight is 377 g/mol. The van der Waals surface area contributed by atoms with Crippen LogP contribution in [-0.4, -0.2) is 62.7 Å². The van der Waals surface area contributed by atoms with Crippen molar-refractivity contribution in [2.45, 2.75) is 32.9 Å². The number of hydrogen-bond acceptors (Lipinski definition) is 5. The van der Waals surface area contributed by atoms with E-state index in [1.54, 1.807) is 7.11 Å². The van der Waals surface area contributed by atoms with E-state index in [4.69, 9.17) is 9.47 Å². The Morgan fingerprint density at radius 2 is 1.81 bits per heavy atom. The Bertz CT molecular complexity index is 612. The Morgan fingerprint density at radius 1 is 1.19 bits per heavy atom. The van der Waals surface area contributed by atoms with Crippen molar-refractivity contribution in [1.82, 2.24) is 15.5 Å². The SMILES string of the molecule is COc1ccc([C@@H](CNC(=O)[C@H](NC(C)=O)C(C)C)N2CCOCC2)cc1. The summed E-state index contributed by atoms with van der Waals surface area (Å²) in [5.41, 5.74) is 1.11. The van der Waals surface area contributed by atoms with Crippen molar-refractivity contribution in [3.63, 3.8) is 0 Å². The van der Waals surface area contributed by atoms with Crippen molar-refractivity contribution in [3.05, 3.63) is 29.8 Å². The van der Waals surface area contributed by atoms with Crippen molar-refractivity contribution in [2.24, 2.45) is 5.92 Å². The highest BCUT2D eigenvalue weighted by Gasteiger charge is 2.27. The summed E-state index contributed by atoms with van der Waals surface area (Å²) in [5, 5.41) is 5.76. The van der Waals surface area contributed by atoms with Crippen LogP contribution < -0.4 is 15.4 Å². The highest BCUT2D eigenvalue weighted by atomic mass is 16.5. The van der Waals surface area contributed by atoms with Gasteiger partial charge in [-0.1, -0.05) is 26.0 Å². The molecular formula is C20H31N3O4. The number of amides is 2. The van der Waals surface area contributed by atoms with Crippen LogP contribution in [0.15, 0.2) is 24.3 Å². The van der Waals surface area contributed by atoms with Gasteiger partial charge in [-0.3, -0.25) is 14.5 Å². The van der Waals surface area contributed by atoms with Crippen molar-refractivity contribution in [2.75, 3.05) is 40.0 Å². The van der Waals surface area contributed by atoms with Gasteiger partial charge in [0.05, 0.1) is 26.4 Å². The standard InChI is InChI=1S/C20H31N3O4/c1-14(2)19(22-15(3)24)20(25)21-13-18(23-9-11-27-12-10-23)16-5-7-17(26-4)8-6-16/h5-8,14,18-19H,9-13H2,1-4H3,(H,21,25)(H,22,24)/t18-,19-/m1/s1. The molecule has 2 rings (SSSR count). The molecule has 150 valence electrons. The van der Waals surface area contributed by atoms with E-state index in [0.29, 0.717) is 19.8 Å². The quantitative estimate of drug-likeness (QED) is 0.715. The Kier molecular flexibility index (Phi) is 8.06. The molecule has 1 saturated heterocycles. The van der Waals surface area contributed by atoms with Gasteiger partial charge in [0.1, 0.15) is 11.8 Å². The molecule has 0 radical (unpaired) electrons. The van der Waals surface area contributed by atoms with Crippen molar-refractivity contribution < 1.29 is 19.1 Å². The molecule has 0 unspecified atom stereocenters. The summed E-state index contributed by atoms with van der Waals surface area (Å²) < 4.78 is 10.7. The molecule has 0 saturated carbocycles. The van der Waals surface area contributed by atoms with Gasteiger partial charge in [0.25, 0.3) is 0 Å². The van der Waals surface area contributed by atoms with Crippen LogP contribution in [0, 0.1) is 5.92 Å². The first-order chi connectivity index (χ1) is 12.9. The summed E-state index contributed by atoms with van der Waals surface area (Å²) in [6.07, 6.45) is 0. The van der Waals surface area contributed by atoms with Crippen LogP contribution in [0.4, 0.5) is 0 Å². The average Bonchev–Trinajstić information content (AvgIpc) is 2.67. The molecule has 27 heavy (non-hydrogen) atoms. The van der Waals surface area contributed by atoms with Gasteiger partial charge < -0.3 is 20.1 Å². The number of nitrogens with zero attached hydrogens (tertiary/aromatic N) is 1. The molecular weight excluding hydrogens is 346 g/mol. The number of carbonyl (C=O) groups excluding carboxylic acids is 2. The van der Waals surface area contributed by atoms with E-state index < -0.39 is 6.04 Å². The number of benzene rings is 1. The molecule has 0 aromatic heterocycles. The third-order valence-corrected chi connectivity index (χ3v) is 4.76. The summed E-state index contributed by atoms with van der Waals surface area (Å²) in [6.45, 7) is 8.72. The first kappa shape index (κ1) is 21.2. The van der Waals surface area contributed by atoms with Gasteiger partial charge in [-0.05, 0) is 23.6 Å². The number of hydrogen-bond donors (Lipinski definition) is 2. The summed E-state index contributed by atoms with van der Waals surface area (Å²) in [5.74, 6) is 0.446. The van der Waals surface area contributed by atoms with Gasteiger partial charge in [-0.2, -0.15) is 0 Å². The van der Waals surface area contributed by atoms with E-state index in [0.717, 1.165) is 24.4 Å². The van der Waals surface area contributed by atoms with Gasteiger partial charge in [0, 0.05) is 26.6 Å². The molecule has 2 N–H and O–H groups in total. The van der Waals surface area contributed by atoms with E-state index in [2.05, 4.69) is 15.5 Å². The topological polar surface area (TPSA) is 79.9 Å². The Labute approximate surface area is 161 Å². The molecule has 7 heteroatoms. The first-order valence-electron chi connectivity index (χ1n) is 9.43. The monoisotopic (exact) mass is 377 g/mol. The minimum atomic E-state index is -0.538. The number of ether oxygens (including phenoxy) is 2. The second-order valence-corrected chi connectivity index (χ2v) is 7.10. The maximum atomic E-state index is 12.7. The molecule has 1 fully saturated rings. The van der Waals surface area contributed by atoms with Crippen LogP contribution in [0.5, 0.6) is 5.75 Å². The van der Waals surface area contributed by atoms with Crippen LogP contribution in [0.2, 0.25) is 0 Å². The largest absolute Gasteiger partial charge is 0.497 e. The number of morpholine rings is 1. The van der Waals surface area contributed by atoms with Crippen LogP contribution in [0.1, 0.15) is 32.4 Å². The van der Waals surface area contributed by atoms with Gasteiger partial charge in [0.15, 0.2) is 0 Å². The van der Waals surface area contributed by atoms with E-state index in [1.165, 1.54) is 6.92 Å². The van der Waals surface area contributed by atoms with Crippen LogP contribution in [-0.2, 0) is 14.3 Å². The third kappa shape index (κ3) is 6.22. The predicted octanol–water partition coefficient (Wildman–Crippen LogP) is 1.35. The number of methoxy groups -OCH3 is 1. The maximum absolute atomic E-state index is 12.7. The van der Waals surface area contributed by atoms with Crippen LogP contribution in [0.3, 0.4) is 0 Å². The lowest BCUT2D eigenvalue weighted by Gasteiger charge is -2.35. The maximum Gasteiger partial charge on any atom is 0.242 e. The zero-order valence-electron chi connectivity index (χ0n) is 16.7. The minimum Gasteiger partial charge on any atom is -0.497 e. The van der Waals surface area contributed by atoms with E-state index in [9.17, 15) is 9.59 Å². The van der Waals surface area contributed by atoms with E-state index in [-0.39, 0.29) is 23.8 Å². The number of carbonyl (C=O) groups is 2. The molecule has 7 nitrogen and oxygen atoms in total. The van der Waals surface area contributed by atoms with E-state index in [1.807, 2.05) is 38.1 Å². The summed E-state index contributed by atoms with van der Waals surface area (Å²) in [7, 11) is 1.64. The summed E-state index contributed by atoms with van der Waals surface area (Å²) in [6, 6.07) is 7.41. The number of rotatable bonds is 8.